The van der Waals surface area contributed by atoms with Gasteiger partial charge in [-0.2, -0.15) is 5.10 Å². The van der Waals surface area contributed by atoms with E-state index in [9.17, 15) is 20.2 Å². The topological polar surface area (TPSA) is 111 Å². The van der Waals surface area contributed by atoms with E-state index in [0.29, 0.717) is 12.8 Å². The van der Waals surface area contributed by atoms with Crippen LogP contribution < -0.4 is 5.43 Å². The molecule has 0 heterocycles. The van der Waals surface area contributed by atoms with Crippen molar-refractivity contribution in [2.75, 3.05) is 5.43 Å². The molecule has 30 heavy (non-hydrogen) atoms. The Bertz CT molecular complexity index is 1080. The Kier molecular flexibility index (Phi) is 6.49. The van der Waals surface area contributed by atoms with Gasteiger partial charge in [0, 0.05) is 18.2 Å². The molecule has 3 aromatic carbocycles. The zero-order chi connectivity index (χ0) is 21.5. The SMILES string of the molecule is CC/C(Cc1ccc(-c2ccccc2)cc1)=N/Nc1ccc([N+](=O)[O-])cc1[N+](=O)[O-]. The van der Waals surface area contributed by atoms with Crippen LogP contribution >= 0.6 is 0 Å². The van der Waals surface area contributed by atoms with Gasteiger partial charge in [0.15, 0.2) is 0 Å². The van der Waals surface area contributed by atoms with Crippen molar-refractivity contribution in [3.8, 4) is 11.1 Å². The van der Waals surface area contributed by atoms with Gasteiger partial charge < -0.3 is 0 Å². The molecule has 0 aliphatic heterocycles. The summed E-state index contributed by atoms with van der Waals surface area (Å²) < 4.78 is 0. The molecular formula is C22H20N4O4. The Morgan fingerprint density at radius 3 is 2.17 bits per heavy atom. The van der Waals surface area contributed by atoms with Gasteiger partial charge in [-0.1, -0.05) is 61.5 Å². The summed E-state index contributed by atoms with van der Waals surface area (Å²) >= 11 is 0. The monoisotopic (exact) mass is 404 g/mol. The van der Waals surface area contributed by atoms with Crippen LogP contribution in [-0.4, -0.2) is 15.6 Å². The fraction of sp³-hybridized carbons (Fsp3) is 0.136. The first kappa shape index (κ1) is 20.7. The normalized spacial score (nSPS) is 11.2. The zero-order valence-electron chi connectivity index (χ0n) is 16.3. The number of hydrogen-bond donors (Lipinski definition) is 1. The van der Waals surface area contributed by atoms with Crippen molar-refractivity contribution in [2.45, 2.75) is 19.8 Å². The minimum atomic E-state index is -0.670. The summed E-state index contributed by atoms with van der Waals surface area (Å²) in [6, 6.07) is 21.6. The second kappa shape index (κ2) is 9.42. The van der Waals surface area contributed by atoms with Gasteiger partial charge in [0.2, 0.25) is 0 Å². The van der Waals surface area contributed by atoms with E-state index in [1.54, 1.807) is 0 Å². The van der Waals surface area contributed by atoms with E-state index in [1.807, 2.05) is 49.4 Å². The lowest BCUT2D eigenvalue weighted by Crippen LogP contribution is -2.06. The first-order valence-electron chi connectivity index (χ1n) is 9.36. The van der Waals surface area contributed by atoms with Crippen LogP contribution in [-0.2, 0) is 6.42 Å². The van der Waals surface area contributed by atoms with Crippen LogP contribution in [0.2, 0.25) is 0 Å². The fourth-order valence-electron chi connectivity index (χ4n) is 2.94. The Hall–Kier alpha value is -4.07. The molecule has 8 heteroatoms. The summed E-state index contributed by atoms with van der Waals surface area (Å²) in [4.78, 5) is 20.8. The van der Waals surface area contributed by atoms with Gasteiger partial charge in [0.25, 0.3) is 5.69 Å². The molecule has 0 saturated carbocycles. The van der Waals surface area contributed by atoms with Crippen LogP contribution in [0.1, 0.15) is 18.9 Å². The first-order valence-corrected chi connectivity index (χ1v) is 9.36. The molecule has 0 spiro atoms. The number of hydrogen-bond acceptors (Lipinski definition) is 6. The zero-order valence-corrected chi connectivity index (χ0v) is 16.3. The summed E-state index contributed by atoms with van der Waals surface area (Å²) in [6.45, 7) is 1.95. The highest BCUT2D eigenvalue weighted by Gasteiger charge is 2.19. The summed E-state index contributed by atoms with van der Waals surface area (Å²) in [7, 11) is 0. The van der Waals surface area contributed by atoms with Gasteiger partial charge in [-0.15, -0.1) is 0 Å². The Morgan fingerprint density at radius 1 is 0.900 bits per heavy atom. The number of nitro benzene ring substituents is 2. The smallest absolute Gasteiger partial charge is 0.272 e. The summed E-state index contributed by atoms with van der Waals surface area (Å²) in [5, 5.41) is 26.4. The van der Waals surface area contributed by atoms with Crippen LogP contribution in [0.4, 0.5) is 17.1 Å². The van der Waals surface area contributed by atoms with Gasteiger partial charge in [0.1, 0.15) is 5.69 Å². The number of benzene rings is 3. The Labute approximate surface area is 173 Å². The lowest BCUT2D eigenvalue weighted by Gasteiger charge is -2.08. The third-order valence-electron chi connectivity index (χ3n) is 4.60. The van der Waals surface area contributed by atoms with E-state index in [4.69, 9.17) is 0 Å². The molecule has 0 aliphatic rings. The number of anilines is 1. The van der Waals surface area contributed by atoms with Crippen molar-refractivity contribution in [3.63, 3.8) is 0 Å². The average Bonchev–Trinajstić information content (AvgIpc) is 2.77. The molecular weight excluding hydrogens is 384 g/mol. The molecule has 0 fully saturated rings. The largest absolute Gasteiger partial charge is 0.301 e. The maximum absolute atomic E-state index is 11.2. The first-order chi connectivity index (χ1) is 14.5. The number of rotatable bonds is 8. The van der Waals surface area contributed by atoms with Crippen molar-refractivity contribution in [2.24, 2.45) is 5.10 Å². The van der Waals surface area contributed by atoms with E-state index in [-0.39, 0.29) is 11.4 Å². The molecule has 0 radical (unpaired) electrons. The van der Waals surface area contributed by atoms with Crippen LogP contribution in [0.5, 0.6) is 0 Å². The molecule has 0 saturated heterocycles. The van der Waals surface area contributed by atoms with Crippen LogP contribution in [0.3, 0.4) is 0 Å². The van der Waals surface area contributed by atoms with Crippen molar-refractivity contribution < 1.29 is 9.85 Å². The maximum atomic E-state index is 11.2. The van der Waals surface area contributed by atoms with Gasteiger partial charge in [-0.05, 0) is 29.2 Å². The molecule has 0 unspecified atom stereocenters. The molecule has 152 valence electrons. The molecule has 0 atom stereocenters. The second-order valence-electron chi connectivity index (χ2n) is 6.60. The molecule has 8 nitrogen and oxygen atoms in total. The third-order valence-corrected chi connectivity index (χ3v) is 4.60. The Morgan fingerprint density at radius 2 is 1.57 bits per heavy atom. The molecule has 0 amide bonds. The van der Waals surface area contributed by atoms with Crippen molar-refractivity contribution in [3.05, 3.63) is 98.6 Å². The molecule has 0 bridgehead atoms. The van der Waals surface area contributed by atoms with Crippen molar-refractivity contribution in [1.82, 2.24) is 0 Å². The van der Waals surface area contributed by atoms with E-state index in [0.717, 1.165) is 28.5 Å². The van der Waals surface area contributed by atoms with E-state index in [1.165, 1.54) is 12.1 Å². The van der Waals surface area contributed by atoms with Gasteiger partial charge in [0.05, 0.1) is 15.9 Å². The third kappa shape index (κ3) is 5.05. The molecule has 1 N–H and O–H groups in total. The lowest BCUT2D eigenvalue weighted by molar-refractivity contribution is -0.393. The summed E-state index contributed by atoms with van der Waals surface area (Å²) in [6.07, 6.45) is 1.23. The summed E-state index contributed by atoms with van der Waals surface area (Å²) in [5.74, 6) is 0. The summed E-state index contributed by atoms with van der Waals surface area (Å²) in [5.41, 5.74) is 6.19. The van der Waals surface area contributed by atoms with Crippen LogP contribution in [0.15, 0.2) is 77.9 Å². The maximum Gasteiger partial charge on any atom is 0.301 e. The average molecular weight is 404 g/mol. The Balaban J connectivity index is 1.75. The standard InChI is InChI=1S/C22H20N4O4/c1-2-19(14-16-8-10-18(11-9-16)17-6-4-3-5-7-17)23-24-21-13-12-20(25(27)28)15-22(21)26(29)30/h3-13,15,24H,2,14H2,1H3/b23-19-. The second-order valence-corrected chi connectivity index (χ2v) is 6.60. The lowest BCUT2D eigenvalue weighted by atomic mass is 10.0. The number of non-ortho nitro benzene ring substituents is 1. The fourth-order valence-corrected chi connectivity index (χ4v) is 2.94. The van der Waals surface area contributed by atoms with E-state index >= 15 is 0 Å². The molecule has 3 rings (SSSR count). The highest BCUT2D eigenvalue weighted by Crippen LogP contribution is 2.29. The van der Waals surface area contributed by atoms with E-state index in [2.05, 4.69) is 22.7 Å². The number of nitrogens with zero attached hydrogens (tertiary/aromatic N) is 3. The quantitative estimate of drug-likeness (QED) is 0.299. The van der Waals surface area contributed by atoms with Crippen LogP contribution in [0.25, 0.3) is 11.1 Å². The van der Waals surface area contributed by atoms with E-state index < -0.39 is 15.5 Å². The van der Waals surface area contributed by atoms with Gasteiger partial charge in [-0.3, -0.25) is 25.7 Å². The van der Waals surface area contributed by atoms with Gasteiger partial charge in [-0.25, -0.2) is 0 Å². The van der Waals surface area contributed by atoms with Gasteiger partial charge >= 0.3 is 5.69 Å². The molecule has 0 aromatic heterocycles. The number of nitrogens with one attached hydrogen (secondary N) is 1. The van der Waals surface area contributed by atoms with Crippen molar-refractivity contribution in [1.29, 1.82) is 0 Å². The van der Waals surface area contributed by atoms with Crippen molar-refractivity contribution >= 4 is 22.8 Å². The molecule has 3 aromatic rings. The minimum absolute atomic E-state index is 0.107. The highest BCUT2D eigenvalue weighted by atomic mass is 16.6. The van der Waals surface area contributed by atoms with Crippen LogP contribution in [0, 0.1) is 20.2 Å². The highest BCUT2D eigenvalue weighted by molar-refractivity contribution is 5.87. The minimum Gasteiger partial charge on any atom is -0.272 e. The molecule has 0 aliphatic carbocycles. The number of nitro groups is 2. The number of hydrazone groups is 1. The predicted octanol–water partition coefficient (Wildman–Crippen LogP) is 5.59. The predicted molar refractivity (Wildman–Crippen MR) is 117 cm³/mol.